The van der Waals surface area contributed by atoms with E-state index in [0.717, 1.165) is 9.73 Å². The van der Waals surface area contributed by atoms with Gasteiger partial charge in [0.05, 0.1) is 0 Å². The lowest BCUT2D eigenvalue weighted by molar-refractivity contribution is 0.655. The second kappa shape index (κ2) is 3.82. The van der Waals surface area contributed by atoms with Gasteiger partial charge in [0.15, 0.2) is 4.34 Å². The molecular weight excluding hydrogens is 282 g/mol. The summed E-state index contributed by atoms with van der Waals surface area (Å²) < 4.78 is 7.71. The molecule has 0 unspecified atom stereocenters. The van der Waals surface area contributed by atoms with Crippen LogP contribution in [-0.2, 0) is 0 Å². The normalized spacial score (nSPS) is 11.8. The Kier molecular flexibility index (Phi) is 2.21. The van der Waals surface area contributed by atoms with E-state index in [1.165, 1.54) is 27.6 Å². The Morgan fingerprint density at radius 1 is 1.37 bits per heavy atom. The van der Waals surface area contributed by atoms with Crippen LogP contribution in [0.15, 0.2) is 37.8 Å². The van der Waals surface area contributed by atoms with Crippen LogP contribution in [0.3, 0.4) is 0 Å². The quantitative estimate of drug-likeness (QED) is 0.504. The van der Waals surface area contributed by atoms with Crippen molar-refractivity contribution >= 4 is 50.1 Å². The number of hydrogen-bond donors (Lipinski definition) is 0. The molecule has 0 saturated carbocycles. The molecular formula is C12H7N3O2S2. The zero-order valence-corrected chi connectivity index (χ0v) is 11.4. The second-order valence-electron chi connectivity index (χ2n) is 3.96. The van der Waals surface area contributed by atoms with Gasteiger partial charge < -0.3 is 4.42 Å². The molecule has 1 aromatic carbocycles. The Hall–Kier alpha value is -1.86. The van der Waals surface area contributed by atoms with Gasteiger partial charge in [-0.2, -0.15) is 4.52 Å². The number of rotatable bonds is 1. The molecule has 4 aromatic rings. The smallest absolute Gasteiger partial charge is 0.318 e. The molecule has 0 aliphatic heterocycles. The van der Waals surface area contributed by atoms with Gasteiger partial charge in [-0.1, -0.05) is 35.2 Å². The summed E-state index contributed by atoms with van der Waals surface area (Å²) in [6.07, 6.45) is 1.92. The maximum atomic E-state index is 12.4. The van der Waals surface area contributed by atoms with Crippen LogP contribution in [0.4, 0.5) is 0 Å². The summed E-state index contributed by atoms with van der Waals surface area (Å²) in [6.45, 7) is 0. The number of thioether (sulfide) groups is 1. The van der Waals surface area contributed by atoms with Gasteiger partial charge in [0.2, 0.25) is 10.5 Å². The first-order valence-electron chi connectivity index (χ1n) is 5.53. The van der Waals surface area contributed by atoms with Crippen LogP contribution >= 0.6 is 23.1 Å². The van der Waals surface area contributed by atoms with Crippen molar-refractivity contribution in [1.82, 2.24) is 14.6 Å². The molecule has 0 spiro atoms. The lowest BCUT2D eigenvalue weighted by atomic mass is 10.2. The van der Waals surface area contributed by atoms with E-state index in [-0.39, 0.29) is 11.1 Å². The van der Waals surface area contributed by atoms with E-state index >= 15 is 0 Å². The highest BCUT2D eigenvalue weighted by molar-refractivity contribution is 8.00. The molecule has 0 N–H and O–H groups in total. The first-order valence-corrected chi connectivity index (χ1v) is 7.57. The van der Waals surface area contributed by atoms with Crippen molar-refractivity contribution in [3.63, 3.8) is 0 Å². The summed E-state index contributed by atoms with van der Waals surface area (Å²) in [5.74, 6) is 0. The van der Waals surface area contributed by atoms with Gasteiger partial charge in [0.1, 0.15) is 11.1 Å². The van der Waals surface area contributed by atoms with E-state index < -0.39 is 0 Å². The molecule has 0 saturated heterocycles. The van der Waals surface area contributed by atoms with Crippen LogP contribution in [-0.4, -0.2) is 20.9 Å². The fourth-order valence-electron chi connectivity index (χ4n) is 2.03. The monoisotopic (exact) mass is 289 g/mol. The molecule has 3 heterocycles. The standard InChI is InChI=1S/C12H7N3O2S2/c1-18-12-14-15-10(16)9-8(13-11(15)19-12)6-4-2-3-5-7(6)17-9/h2-5H,1H3. The molecule has 7 heteroatoms. The molecule has 0 amide bonds. The van der Waals surface area contributed by atoms with Gasteiger partial charge in [-0.25, -0.2) is 4.98 Å². The predicted octanol–water partition coefficient (Wildman–Crippen LogP) is 2.77. The Labute approximate surface area is 114 Å². The van der Waals surface area contributed by atoms with E-state index in [2.05, 4.69) is 10.1 Å². The molecule has 4 rings (SSSR count). The Bertz CT molecular complexity index is 983. The largest absolute Gasteiger partial charge is 0.448 e. The minimum atomic E-state index is -0.257. The summed E-state index contributed by atoms with van der Waals surface area (Å²) in [7, 11) is 0. The van der Waals surface area contributed by atoms with Crippen LogP contribution in [0.2, 0.25) is 0 Å². The van der Waals surface area contributed by atoms with Crippen LogP contribution in [0.25, 0.3) is 27.0 Å². The number of fused-ring (bicyclic) bond motifs is 4. The average molecular weight is 289 g/mol. The fraction of sp³-hybridized carbons (Fsp3) is 0.0833. The SMILES string of the molecule is CSc1nn2c(=O)c3oc4ccccc4c3nc2s1. The van der Waals surface area contributed by atoms with E-state index in [0.29, 0.717) is 16.1 Å². The Morgan fingerprint density at radius 2 is 2.21 bits per heavy atom. The average Bonchev–Trinajstić information content (AvgIpc) is 3.01. The third-order valence-corrected chi connectivity index (χ3v) is 4.76. The first kappa shape index (κ1) is 11.0. The van der Waals surface area contributed by atoms with Crippen molar-refractivity contribution in [2.45, 2.75) is 4.34 Å². The van der Waals surface area contributed by atoms with E-state index in [9.17, 15) is 4.79 Å². The van der Waals surface area contributed by atoms with Gasteiger partial charge in [-0.05, 0) is 18.4 Å². The zero-order valence-electron chi connectivity index (χ0n) is 9.78. The number of hydrogen-bond acceptors (Lipinski definition) is 6. The lowest BCUT2D eigenvalue weighted by Gasteiger charge is -1.89. The molecule has 0 bridgehead atoms. The third kappa shape index (κ3) is 1.45. The number of nitrogens with zero attached hydrogens (tertiary/aromatic N) is 3. The van der Waals surface area contributed by atoms with Crippen molar-refractivity contribution in [2.24, 2.45) is 0 Å². The van der Waals surface area contributed by atoms with Crippen molar-refractivity contribution in [3.8, 4) is 0 Å². The maximum Gasteiger partial charge on any atom is 0.318 e. The Balaban J connectivity index is 2.26. The number of aromatic nitrogens is 3. The van der Waals surface area contributed by atoms with Crippen molar-refractivity contribution in [2.75, 3.05) is 6.26 Å². The molecule has 0 radical (unpaired) electrons. The maximum absolute atomic E-state index is 12.4. The topological polar surface area (TPSA) is 60.4 Å². The van der Waals surface area contributed by atoms with E-state index in [1.54, 1.807) is 0 Å². The molecule has 5 nitrogen and oxygen atoms in total. The van der Waals surface area contributed by atoms with Crippen LogP contribution in [0, 0.1) is 0 Å². The molecule has 94 valence electrons. The summed E-state index contributed by atoms with van der Waals surface area (Å²) in [5, 5.41) is 5.07. The molecule has 3 aromatic heterocycles. The van der Waals surface area contributed by atoms with Gasteiger partial charge in [0.25, 0.3) is 0 Å². The first-order chi connectivity index (χ1) is 9.28. The zero-order chi connectivity index (χ0) is 13.0. The molecule has 0 aliphatic rings. The van der Waals surface area contributed by atoms with Gasteiger partial charge in [-0.3, -0.25) is 4.79 Å². The summed E-state index contributed by atoms with van der Waals surface area (Å²) in [4.78, 5) is 17.4. The number of para-hydroxylation sites is 1. The predicted molar refractivity (Wildman–Crippen MR) is 76.2 cm³/mol. The highest BCUT2D eigenvalue weighted by atomic mass is 32.2. The highest BCUT2D eigenvalue weighted by Crippen LogP contribution is 2.27. The number of furan rings is 1. The summed E-state index contributed by atoms with van der Waals surface area (Å²) in [5.41, 5.74) is 1.28. The van der Waals surface area contributed by atoms with Gasteiger partial charge >= 0.3 is 5.56 Å². The highest BCUT2D eigenvalue weighted by Gasteiger charge is 2.16. The summed E-state index contributed by atoms with van der Waals surface area (Å²) in [6, 6.07) is 7.51. The molecule has 0 fully saturated rings. The van der Waals surface area contributed by atoms with E-state index in [1.807, 2.05) is 30.5 Å². The summed E-state index contributed by atoms with van der Waals surface area (Å²) >= 11 is 2.89. The lowest BCUT2D eigenvalue weighted by Crippen LogP contribution is -2.14. The fourth-order valence-corrected chi connectivity index (χ4v) is 3.38. The van der Waals surface area contributed by atoms with Crippen molar-refractivity contribution < 1.29 is 4.42 Å². The van der Waals surface area contributed by atoms with Gasteiger partial charge in [-0.15, -0.1) is 5.10 Å². The van der Waals surface area contributed by atoms with Crippen LogP contribution < -0.4 is 5.56 Å². The van der Waals surface area contributed by atoms with Crippen LogP contribution in [0.1, 0.15) is 0 Å². The molecule has 19 heavy (non-hydrogen) atoms. The molecule has 0 atom stereocenters. The Morgan fingerprint density at radius 3 is 3.05 bits per heavy atom. The second-order valence-corrected chi connectivity index (χ2v) is 5.97. The number of benzene rings is 1. The third-order valence-electron chi connectivity index (χ3n) is 2.88. The molecule has 0 aliphatic carbocycles. The minimum Gasteiger partial charge on any atom is -0.448 e. The van der Waals surface area contributed by atoms with Crippen molar-refractivity contribution in [3.05, 3.63) is 34.6 Å². The van der Waals surface area contributed by atoms with Crippen molar-refractivity contribution in [1.29, 1.82) is 0 Å². The van der Waals surface area contributed by atoms with Gasteiger partial charge in [0, 0.05) is 5.39 Å². The minimum absolute atomic E-state index is 0.257. The van der Waals surface area contributed by atoms with Crippen LogP contribution in [0.5, 0.6) is 0 Å². The van der Waals surface area contributed by atoms with E-state index in [4.69, 9.17) is 4.42 Å².